The molecule has 0 radical (unpaired) electrons. The highest BCUT2D eigenvalue weighted by atomic mass is 32.4. The highest BCUT2D eigenvalue weighted by Crippen LogP contribution is 2.64. The Kier molecular flexibility index (Phi) is 22.3. The summed E-state index contributed by atoms with van der Waals surface area (Å²) in [5.41, 5.74) is 31.2. The number of hydrogen-bond acceptors (Lipinski definition) is 11. The van der Waals surface area contributed by atoms with Crippen LogP contribution in [0.25, 0.3) is 66.8 Å². The Morgan fingerprint density at radius 2 is 0.483 bits per heavy atom. The first kappa shape index (κ1) is 88.4. The van der Waals surface area contributed by atoms with Crippen LogP contribution < -0.4 is 108 Å². The first-order chi connectivity index (χ1) is 72.7. The second-order valence-electron chi connectivity index (χ2n) is 37.3. The molecule has 0 unspecified atom stereocenters. The van der Waals surface area contributed by atoms with Crippen LogP contribution in [0.15, 0.2) is 528 Å². The molecule has 147 heavy (non-hydrogen) atoms. The van der Waals surface area contributed by atoms with Gasteiger partial charge in [-0.25, -0.2) is 0 Å². The Morgan fingerprint density at radius 1 is 0.190 bits per heavy atom. The minimum atomic E-state index is -2.72. The number of nitrogens with zero attached hydrogens (tertiary/aromatic N) is 3. The molecule has 15 heteroatoms. The zero-order valence-electron chi connectivity index (χ0n) is 79.4. The van der Waals surface area contributed by atoms with Gasteiger partial charge in [0.25, 0.3) is 13.4 Å². The Hall–Kier alpha value is -17.5. The van der Waals surface area contributed by atoms with E-state index in [1.54, 1.807) is 0 Å². The largest absolute Gasteiger partial charge is 0.458 e. The fraction of sp³-hybridized carbons (Fsp3) is 0. The van der Waals surface area contributed by atoms with E-state index in [1.165, 1.54) is 49.8 Å². The smallest absolute Gasteiger partial charge is 0.256 e. The van der Waals surface area contributed by atoms with Crippen molar-refractivity contribution >= 4 is 165 Å². The Balaban J connectivity index is 0.0000000985. The number of rotatable bonds is 11. The highest BCUT2D eigenvalue weighted by Gasteiger charge is 2.49. The molecule has 8 aliphatic rings. The molecular formula is C132H87B2N3O6P2S2. The minimum Gasteiger partial charge on any atom is -0.458 e. The molecule has 8 heterocycles. The monoisotopic (exact) mass is 1960 g/mol. The number of anilines is 9. The van der Waals surface area contributed by atoms with Crippen LogP contribution in [-0.4, -0.2) is 13.4 Å². The summed E-state index contributed by atoms with van der Waals surface area (Å²) in [4.78, 5) is 6.99. The molecule has 22 aromatic carbocycles. The summed E-state index contributed by atoms with van der Waals surface area (Å²) in [6.07, 6.45) is 0. The van der Waals surface area contributed by atoms with Gasteiger partial charge in [-0.3, -0.25) is 0 Å². The number of fused-ring (bicyclic) bond motifs is 16. The number of ether oxygens (including phenoxy) is 6. The third-order valence-electron chi connectivity index (χ3n) is 28.9. The summed E-state index contributed by atoms with van der Waals surface area (Å²) in [6.45, 7) is 0.277. The predicted molar refractivity (Wildman–Crippen MR) is 617 cm³/mol. The van der Waals surface area contributed by atoms with Crippen molar-refractivity contribution in [2.24, 2.45) is 0 Å². The van der Waals surface area contributed by atoms with Gasteiger partial charge in [-0.2, -0.15) is 0 Å². The molecule has 0 fully saturated rings. The Labute approximate surface area is 864 Å². The first-order valence-electron chi connectivity index (χ1n) is 49.5. The lowest BCUT2D eigenvalue weighted by atomic mass is 9.34. The molecule has 0 aliphatic carbocycles. The summed E-state index contributed by atoms with van der Waals surface area (Å²) in [5.74, 6) is 10.2. The Morgan fingerprint density at radius 3 is 0.884 bits per heavy atom. The van der Waals surface area contributed by atoms with Gasteiger partial charge in [0, 0.05) is 89.6 Å². The number of benzene rings is 22. The zero-order chi connectivity index (χ0) is 97.6. The van der Waals surface area contributed by atoms with Crippen molar-refractivity contribution in [2.75, 3.05) is 14.7 Å². The van der Waals surface area contributed by atoms with E-state index in [0.717, 1.165) is 202 Å². The van der Waals surface area contributed by atoms with E-state index in [4.69, 9.17) is 52.0 Å². The molecule has 694 valence electrons. The fourth-order valence-corrected chi connectivity index (χ4v) is 31.3. The van der Waals surface area contributed by atoms with E-state index in [0.29, 0.717) is 0 Å². The van der Waals surface area contributed by atoms with Crippen molar-refractivity contribution in [1.29, 1.82) is 0 Å². The lowest BCUT2D eigenvalue weighted by molar-refractivity contribution is 0.466. The number of hydrogen-bond donors (Lipinski definition) is 0. The van der Waals surface area contributed by atoms with Crippen molar-refractivity contribution < 1.29 is 28.4 Å². The van der Waals surface area contributed by atoms with Crippen molar-refractivity contribution in [3.63, 3.8) is 0 Å². The summed E-state index contributed by atoms with van der Waals surface area (Å²) < 4.78 is 39.7. The molecule has 0 amide bonds. The topological polar surface area (TPSA) is 65.1 Å². The van der Waals surface area contributed by atoms with Crippen LogP contribution >= 0.6 is 12.1 Å². The highest BCUT2D eigenvalue weighted by molar-refractivity contribution is 8.26. The van der Waals surface area contributed by atoms with E-state index in [9.17, 15) is 0 Å². The van der Waals surface area contributed by atoms with Gasteiger partial charge in [0.2, 0.25) is 0 Å². The van der Waals surface area contributed by atoms with Gasteiger partial charge in [0.1, 0.15) is 69.0 Å². The van der Waals surface area contributed by atoms with Crippen LogP contribution in [0.3, 0.4) is 0 Å². The summed E-state index contributed by atoms with van der Waals surface area (Å²) in [6, 6.07) is 179. The van der Waals surface area contributed by atoms with Crippen LogP contribution in [0.5, 0.6) is 69.0 Å². The third kappa shape index (κ3) is 15.3. The van der Waals surface area contributed by atoms with E-state index in [1.807, 2.05) is 60.7 Å². The van der Waals surface area contributed by atoms with Gasteiger partial charge in [-0.1, -0.05) is 382 Å². The average molecular weight is 1960 g/mol. The third-order valence-corrected chi connectivity index (χ3v) is 38.5. The van der Waals surface area contributed by atoms with Gasteiger partial charge in [-0.05, 0) is 252 Å². The van der Waals surface area contributed by atoms with Gasteiger partial charge in [0.15, 0.2) is 0 Å². The maximum absolute atomic E-state index is 7.15. The van der Waals surface area contributed by atoms with E-state index in [-0.39, 0.29) is 13.4 Å². The van der Waals surface area contributed by atoms with Crippen LogP contribution in [-0.2, 0) is 23.6 Å². The average Bonchev–Trinajstić information content (AvgIpc) is 0.688. The van der Waals surface area contributed by atoms with Crippen molar-refractivity contribution in [3.8, 4) is 136 Å². The zero-order valence-corrected chi connectivity index (χ0v) is 82.8. The predicted octanol–water partition coefficient (Wildman–Crippen LogP) is 29.0. The molecular weight excluding hydrogens is 1870 g/mol. The normalized spacial score (nSPS) is 13.3. The lowest BCUT2D eigenvalue weighted by Crippen LogP contribution is -2.59. The molecule has 0 N–H and O–H groups in total. The maximum Gasteiger partial charge on any atom is 0.256 e. The molecule has 0 saturated carbocycles. The Bertz CT molecular complexity index is 8710. The summed E-state index contributed by atoms with van der Waals surface area (Å²) in [7, 11) is 0. The van der Waals surface area contributed by atoms with E-state index >= 15 is 0 Å². The van der Waals surface area contributed by atoms with E-state index < -0.39 is 12.1 Å². The minimum absolute atomic E-state index is 0.0852. The second-order valence-corrected chi connectivity index (χ2v) is 45.9. The molecule has 0 aromatic heterocycles. The summed E-state index contributed by atoms with van der Waals surface area (Å²) in [5, 5.41) is 6.27. The van der Waals surface area contributed by atoms with Crippen molar-refractivity contribution in [3.05, 3.63) is 528 Å². The van der Waals surface area contributed by atoms with Crippen molar-refractivity contribution in [1.82, 2.24) is 0 Å². The molecule has 0 atom stereocenters. The number of para-hydroxylation sites is 7. The maximum atomic E-state index is 7.15. The van der Waals surface area contributed by atoms with Crippen molar-refractivity contribution in [2.45, 2.75) is 0 Å². The lowest BCUT2D eigenvalue weighted by Gasteiger charge is -2.40. The molecule has 8 aliphatic heterocycles. The fourth-order valence-electron chi connectivity index (χ4n) is 22.3. The van der Waals surface area contributed by atoms with E-state index in [2.05, 4.69) is 482 Å². The molecule has 9 nitrogen and oxygen atoms in total. The molecule has 22 aromatic rings. The van der Waals surface area contributed by atoms with Crippen LogP contribution in [0, 0.1) is 0 Å². The molecule has 30 rings (SSSR count). The quantitative estimate of drug-likeness (QED) is 0.0919. The summed E-state index contributed by atoms with van der Waals surface area (Å²) >= 11 is 13.9. The first-order valence-corrected chi connectivity index (χ1v) is 55.1. The molecule has 0 saturated heterocycles. The molecule has 0 bridgehead atoms. The van der Waals surface area contributed by atoms with Crippen LogP contribution in [0.2, 0.25) is 0 Å². The standard InChI is InChI=1S/C42H27O2PS.C36H25BN2O.C30H19O2PS.C24H16BNO/c46-45-38-25-32(28-13-5-1-6-14-28)21-23-36(38)43-40-34(30-17-9-3-10-18-30)27-35(31-19-11-4-12-20-31)41(42(40)45)44-37-24-22-33(26-39(37)45)29-15-7-2-8-16-29;1-4-13-26(14-5-1)38(27-15-6-2-7-16-27)29-23-24-31-35(25-29)40-34-22-12-21-33-36(34)37(31)30-19-10-11-20-32(30)39(33)28-17-8-3-9-18-28;34-33-28-18-22(20-8-3-1-4-9-20)14-16-24(28)31-26-12-7-13-27(30(26)33)32-25-17-15-23(19-29(25)33)21-10-5-2-6-11-21;1-2-9-17(10-3-1)26-20-13-6-4-11-18(20)25-19-12-5-7-15-22(19)27-23-16-8-14-21(26)24(23)25/h1-27H;1-25H;1-19H;1-16H. The van der Waals surface area contributed by atoms with Crippen LogP contribution in [0.1, 0.15) is 0 Å². The second kappa shape index (κ2) is 37.0. The van der Waals surface area contributed by atoms with Gasteiger partial charge in [0.05, 0.1) is 22.7 Å². The van der Waals surface area contributed by atoms with Gasteiger partial charge < -0.3 is 43.1 Å². The molecule has 0 spiro atoms. The SMILES string of the molecule is S=P12c3cc(-c4ccccc4)ccc3Oc3c(-c4ccccc4)cc(-c4ccccc4)c(c31)Oc1ccc(-c3ccccc3)cc12.S=P12c3cc(-c4ccccc4)ccc3Oc3cccc(c31)Oc1ccc(-c3ccccc3)cc12.c1ccc(N(c2ccccc2)c2ccc3c(c2)Oc2cccc4c2B3c2ccccc2N4c2ccccc2)cc1.c1ccc(N2c3ccccc3B3c4ccccc4Oc4cccc2c43)cc1. The van der Waals surface area contributed by atoms with Gasteiger partial charge >= 0.3 is 0 Å². The van der Waals surface area contributed by atoms with Crippen LogP contribution in [0.4, 0.5) is 51.2 Å². The van der Waals surface area contributed by atoms with Gasteiger partial charge in [-0.15, -0.1) is 0 Å².